The van der Waals surface area contributed by atoms with Gasteiger partial charge in [0.2, 0.25) is 0 Å². The number of hydrogen-bond acceptors (Lipinski definition) is 0. The second-order valence-corrected chi connectivity index (χ2v) is 1.86. The molecule has 11 heavy (non-hydrogen) atoms. The van der Waals surface area contributed by atoms with Gasteiger partial charge in [0.1, 0.15) is 0 Å². The highest BCUT2D eigenvalue weighted by Crippen LogP contribution is 1.79. The first-order valence-electron chi connectivity index (χ1n) is 3.91. The third-order valence-corrected chi connectivity index (χ3v) is 0.667. The predicted molar refractivity (Wildman–Crippen MR) is 53.7 cm³/mol. The Hall–Kier alpha value is -1.04. The Kier molecular flexibility index (Phi) is 18.3. The lowest BCUT2D eigenvalue weighted by molar-refractivity contribution is 1.09. The van der Waals surface area contributed by atoms with Crippen molar-refractivity contribution in [1.82, 2.24) is 0 Å². The molecule has 0 radical (unpaired) electrons. The second-order valence-electron chi connectivity index (χ2n) is 1.86. The summed E-state index contributed by atoms with van der Waals surface area (Å²) in [5.41, 5.74) is 0. The Morgan fingerprint density at radius 2 is 0.818 bits per heavy atom. The van der Waals surface area contributed by atoms with Crippen LogP contribution in [0.4, 0.5) is 0 Å². The molecule has 0 fully saturated rings. The van der Waals surface area contributed by atoms with E-state index in [9.17, 15) is 0 Å². The number of hydrogen-bond donors (Lipinski definition) is 0. The Morgan fingerprint density at radius 3 is 0.909 bits per heavy atom. The average Bonchev–Trinajstić information content (AvgIpc) is 2.12. The Labute approximate surface area is 70.6 Å². The summed E-state index contributed by atoms with van der Waals surface area (Å²) >= 11 is 0. The van der Waals surface area contributed by atoms with Crippen molar-refractivity contribution in [2.24, 2.45) is 0 Å². The molecule has 0 unspecified atom stereocenters. The fourth-order valence-corrected chi connectivity index (χ4v) is 0.385. The molecule has 0 saturated carbocycles. The molecule has 0 aromatic heterocycles. The van der Waals surface area contributed by atoms with Crippen LogP contribution in [0.3, 0.4) is 0 Å². The van der Waals surface area contributed by atoms with Crippen LogP contribution >= 0.6 is 0 Å². The second kappa shape index (κ2) is 16.0. The van der Waals surface area contributed by atoms with E-state index in [-0.39, 0.29) is 0 Å². The molecule has 0 saturated heterocycles. The molecule has 0 heteroatoms. The zero-order valence-corrected chi connectivity index (χ0v) is 7.59. The van der Waals surface area contributed by atoms with Crippen LogP contribution in [0.5, 0.6) is 0 Å². The average molecular weight is 150 g/mol. The molecular formula is C11H18. The fourth-order valence-electron chi connectivity index (χ4n) is 0.385. The van der Waals surface area contributed by atoms with Crippen molar-refractivity contribution in [2.45, 2.75) is 20.3 Å². The molecule has 1 aromatic carbocycles. The maximum Gasteiger partial charge on any atom is -0.0590 e. The summed E-state index contributed by atoms with van der Waals surface area (Å²) in [6.07, 6.45) is 1.25. The zero-order valence-electron chi connectivity index (χ0n) is 7.59. The molecule has 0 aliphatic carbocycles. The maximum atomic E-state index is 3.00. The van der Waals surface area contributed by atoms with Crippen LogP contribution in [0.15, 0.2) is 49.6 Å². The Balaban J connectivity index is 0. The van der Waals surface area contributed by atoms with Crippen molar-refractivity contribution in [1.29, 1.82) is 0 Å². The lowest BCUT2D eigenvalue weighted by atomic mass is 10.4. The van der Waals surface area contributed by atoms with E-state index in [1.165, 1.54) is 6.42 Å². The first-order valence-corrected chi connectivity index (χ1v) is 3.91. The maximum absolute atomic E-state index is 3.00. The smallest absolute Gasteiger partial charge is 0.0590 e. The van der Waals surface area contributed by atoms with E-state index in [1.54, 1.807) is 0 Å². The van der Waals surface area contributed by atoms with Gasteiger partial charge in [-0.3, -0.25) is 0 Å². The lowest BCUT2D eigenvalue weighted by Gasteiger charge is -1.69. The van der Waals surface area contributed by atoms with Crippen LogP contribution in [0.1, 0.15) is 20.3 Å². The number of rotatable bonds is 0. The molecule has 0 nitrogen and oxygen atoms in total. The van der Waals surface area contributed by atoms with E-state index in [2.05, 4.69) is 27.0 Å². The van der Waals surface area contributed by atoms with Crippen LogP contribution < -0.4 is 0 Å². The highest BCUT2D eigenvalue weighted by atomic mass is 13.6. The molecule has 0 aliphatic rings. The first-order chi connectivity index (χ1) is 5.41. The van der Waals surface area contributed by atoms with E-state index in [0.29, 0.717) is 0 Å². The topological polar surface area (TPSA) is 0 Å². The highest BCUT2D eigenvalue weighted by molar-refractivity contribution is 4.99. The van der Waals surface area contributed by atoms with Gasteiger partial charge >= 0.3 is 0 Å². The lowest BCUT2D eigenvalue weighted by Crippen LogP contribution is -1.47. The van der Waals surface area contributed by atoms with Gasteiger partial charge < -0.3 is 0 Å². The van der Waals surface area contributed by atoms with Gasteiger partial charge in [-0.2, -0.15) is 0 Å². The van der Waals surface area contributed by atoms with Gasteiger partial charge in [0.25, 0.3) is 0 Å². The molecule has 0 heterocycles. The molecule has 0 spiro atoms. The normalized spacial score (nSPS) is 6.36. The van der Waals surface area contributed by atoms with Crippen LogP contribution in [0, 0.1) is 0 Å². The van der Waals surface area contributed by atoms with Gasteiger partial charge in [-0.25, -0.2) is 0 Å². The third kappa shape index (κ3) is 17.6. The minimum atomic E-state index is 1.25. The van der Waals surface area contributed by atoms with Gasteiger partial charge in [0, 0.05) is 0 Å². The largest absolute Gasteiger partial charge is 0.106 e. The summed E-state index contributed by atoms with van der Waals surface area (Å²) in [5.74, 6) is 0. The van der Waals surface area contributed by atoms with Gasteiger partial charge in [-0.15, -0.1) is 13.2 Å². The van der Waals surface area contributed by atoms with Crippen molar-refractivity contribution < 1.29 is 0 Å². The van der Waals surface area contributed by atoms with E-state index in [4.69, 9.17) is 0 Å². The van der Waals surface area contributed by atoms with Crippen LogP contribution in [-0.2, 0) is 0 Å². The molecule has 0 aliphatic heterocycles. The van der Waals surface area contributed by atoms with Crippen molar-refractivity contribution in [2.75, 3.05) is 0 Å². The van der Waals surface area contributed by atoms with E-state index >= 15 is 0 Å². The van der Waals surface area contributed by atoms with E-state index < -0.39 is 0 Å². The Bertz CT molecular complexity index is 94.0. The molecule has 0 N–H and O–H groups in total. The van der Waals surface area contributed by atoms with Crippen molar-refractivity contribution in [3.63, 3.8) is 0 Å². The molecule has 1 rings (SSSR count). The van der Waals surface area contributed by atoms with E-state index in [1.807, 2.05) is 36.4 Å². The highest BCUT2D eigenvalue weighted by Gasteiger charge is 1.57. The summed E-state index contributed by atoms with van der Waals surface area (Å²) in [6.45, 7) is 10.2. The predicted octanol–water partition coefficient (Wildman–Crippen LogP) is 3.91. The summed E-state index contributed by atoms with van der Waals surface area (Å²) in [4.78, 5) is 0. The van der Waals surface area contributed by atoms with Crippen molar-refractivity contribution >= 4 is 0 Å². The molecule has 62 valence electrons. The van der Waals surface area contributed by atoms with E-state index in [0.717, 1.165) is 0 Å². The van der Waals surface area contributed by atoms with Gasteiger partial charge in [-0.05, 0) is 0 Å². The standard InChI is InChI=1S/C6H6.C3H8.C2H4/c1-2-4-6-5-3-1;1-3-2;1-2/h1-6H;3H2,1-2H3;1-2H2. The molecule has 0 amide bonds. The van der Waals surface area contributed by atoms with Gasteiger partial charge in [0.05, 0.1) is 0 Å². The number of benzene rings is 1. The minimum Gasteiger partial charge on any atom is -0.106 e. The summed E-state index contributed by atoms with van der Waals surface area (Å²) < 4.78 is 0. The summed E-state index contributed by atoms with van der Waals surface area (Å²) in [7, 11) is 0. The van der Waals surface area contributed by atoms with Crippen LogP contribution in [0.25, 0.3) is 0 Å². The SMILES string of the molecule is C=C.CCC.c1ccccc1. The molecule has 0 atom stereocenters. The zero-order chi connectivity index (χ0) is 8.95. The van der Waals surface area contributed by atoms with Gasteiger partial charge in [0.15, 0.2) is 0 Å². The van der Waals surface area contributed by atoms with Crippen molar-refractivity contribution in [3.05, 3.63) is 49.6 Å². The summed E-state index contributed by atoms with van der Waals surface area (Å²) in [5, 5.41) is 0. The summed E-state index contributed by atoms with van der Waals surface area (Å²) in [6, 6.07) is 12.0. The van der Waals surface area contributed by atoms with Crippen molar-refractivity contribution in [3.8, 4) is 0 Å². The quantitative estimate of drug-likeness (QED) is 0.492. The van der Waals surface area contributed by atoms with Crippen LogP contribution in [0.2, 0.25) is 0 Å². The fraction of sp³-hybridized carbons (Fsp3) is 0.273. The van der Waals surface area contributed by atoms with Crippen LogP contribution in [-0.4, -0.2) is 0 Å². The van der Waals surface area contributed by atoms with Gasteiger partial charge in [-0.1, -0.05) is 56.7 Å². The molecule has 0 bridgehead atoms. The molecular weight excluding hydrogens is 132 g/mol. The monoisotopic (exact) mass is 150 g/mol. The third-order valence-electron chi connectivity index (χ3n) is 0.667. The molecule has 1 aromatic rings. The Morgan fingerprint density at radius 1 is 0.727 bits per heavy atom. The first kappa shape index (κ1) is 12.6. The minimum absolute atomic E-state index is 1.25.